The molecule has 1 heterocycles. The summed E-state index contributed by atoms with van der Waals surface area (Å²) in [4.78, 5) is 23.1. The van der Waals surface area contributed by atoms with Crippen LogP contribution in [0.1, 0.15) is 19.8 Å². The van der Waals surface area contributed by atoms with Crippen molar-refractivity contribution in [2.45, 2.75) is 30.7 Å². The van der Waals surface area contributed by atoms with Gasteiger partial charge in [0.15, 0.2) is 0 Å². The number of piperidine rings is 1. The normalized spacial score (nSPS) is 20.7. The Labute approximate surface area is 135 Å². The molecule has 0 spiro atoms. The minimum atomic E-state index is -3.64. The molecule has 8 heteroatoms. The molecule has 0 bridgehead atoms. The second-order valence-electron chi connectivity index (χ2n) is 5.58. The first kappa shape index (κ1) is 17.4. The highest BCUT2D eigenvalue weighted by Gasteiger charge is 2.33. The van der Waals surface area contributed by atoms with E-state index in [2.05, 4.69) is 5.32 Å². The molecule has 0 unspecified atom stereocenters. The number of carboxylic acid groups (broad SMARTS) is 1. The Morgan fingerprint density at radius 1 is 1.30 bits per heavy atom. The molecule has 0 aromatic heterocycles. The average molecular weight is 340 g/mol. The first-order chi connectivity index (χ1) is 10.8. The van der Waals surface area contributed by atoms with Crippen LogP contribution in [0.2, 0.25) is 0 Å². The van der Waals surface area contributed by atoms with Crippen LogP contribution >= 0.6 is 0 Å². The van der Waals surface area contributed by atoms with E-state index in [-0.39, 0.29) is 11.4 Å². The summed E-state index contributed by atoms with van der Waals surface area (Å²) in [5.74, 6) is -2.08. The summed E-state index contributed by atoms with van der Waals surface area (Å²) in [6.45, 7) is 1.80. The molecule has 23 heavy (non-hydrogen) atoms. The number of carbonyl (C=O) groups excluding carboxylic acids is 1. The second kappa shape index (κ2) is 7.10. The predicted molar refractivity (Wildman–Crippen MR) is 83.2 cm³/mol. The molecular weight excluding hydrogens is 320 g/mol. The molecule has 1 saturated heterocycles. The molecule has 2 rings (SSSR count). The van der Waals surface area contributed by atoms with Gasteiger partial charge in [0.05, 0.1) is 10.8 Å². The van der Waals surface area contributed by atoms with Crippen molar-refractivity contribution in [2.24, 2.45) is 5.92 Å². The third-order valence-electron chi connectivity index (χ3n) is 3.87. The fourth-order valence-electron chi connectivity index (χ4n) is 2.51. The molecule has 1 amide bonds. The highest BCUT2D eigenvalue weighted by molar-refractivity contribution is 7.89. The zero-order chi connectivity index (χ0) is 17.0. The molecule has 1 aliphatic rings. The van der Waals surface area contributed by atoms with Gasteiger partial charge in [0.1, 0.15) is 6.04 Å². The molecule has 1 aliphatic heterocycles. The molecule has 1 aromatic carbocycles. The SMILES string of the molecule is C[C@H](NC(=O)[C@H]1CCCN(S(=O)(=O)c2ccccc2)C1)C(=O)O. The lowest BCUT2D eigenvalue weighted by Gasteiger charge is -2.31. The Hall–Kier alpha value is -1.93. The quantitative estimate of drug-likeness (QED) is 0.820. The maximum Gasteiger partial charge on any atom is 0.325 e. The number of aliphatic carboxylic acids is 1. The minimum absolute atomic E-state index is 0.0649. The number of hydrogen-bond donors (Lipinski definition) is 2. The van der Waals surface area contributed by atoms with Crippen LogP contribution < -0.4 is 5.32 Å². The Kier molecular flexibility index (Phi) is 5.38. The van der Waals surface area contributed by atoms with Gasteiger partial charge in [-0.25, -0.2) is 8.42 Å². The van der Waals surface area contributed by atoms with Crippen LogP contribution in [0.4, 0.5) is 0 Å². The average Bonchev–Trinajstić information content (AvgIpc) is 2.55. The largest absolute Gasteiger partial charge is 0.480 e. The first-order valence-electron chi connectivity index (χ1n) is 7.40. The lowest BCUT2D eigenvalue weighted by atomic mass is 9.98. The van der Waals surface area contributed by atoms with E-state index in [1.807, 2.05) is 0 Å². The summed E-state index contributed by atoms with van der Waals surface area (Å²) in [6, 6.07) is 7.07. The number of sulfonamides is 1. The third-order valence-corrected chi connectivity index (χ3v) is 5.74. The lowest BCUT2D eigenvalue weighted by Crippen LogP contribution is -2.48. The van der Waals surface area contributed by atoms with Crippen molar-refractivity contribution >= 4 is 21.9 Å². The molecule has 0 radical (unpaired) electrons. The van der Waals surface area contributed by atoms with E-state index >= 15 is 0 Å². The number of nitrogens with one attached hydrogen (secondary N) is 1. The van der Waals surface area contributed by atoms with Gasteiger partial charge in [-0.05, 0) is 31.9 Å². The van der Waals surface area contributed by atoms with Crippen LogP contribution in [0, 0.1) is 5.92 Å². The number of rotatable bonds is 5. The fourth-order valence-corrected chi connectivity index (χ4v) is 4.05. The van der Waals surface area contributed by atoms with E-state index in [9.17, 15) is 18.0 Å². The minimum Gasteiger partial charge on any atom is -0.480 e. The standard InChI is InChI=1S/C15H20N2O5S/c1-11(15(19)20)16-14(18)12-6-5-9-17(10-12)23(21,22)13-7-3-2-4-8-13/h2-4,7-8,11-12H,5-6,9-10H2,1H3,(H,16,18)(H,19,20)/t11-,12-/m0/s1. The predicted octanol–water partition coefficient (Wildman–Crippen LogP) is 0.677. The van der Waals surface area contributed by atoms with Crippen LogP contribution in [0.5, 0.6) is 0 Å². The summed E-state index contributed by atoms with van der Waals surface area (Å²) >= 11 is 0. The number of amides is 1. The van der Waals surface area contributed by atoms with Gasteiger partial charge in [-0.15, -0.1) is 0 Å². The van der Waals surface area contributed by atoms with Crippen LogP contribution in [0.15, 0.2) is 35.2 Å². The Morgan fingerprint density at radius 2 is 1.96 bits per heavy atom. The summed E-state index contributed by atoms with van der Waals surface area (Å²) in [6.07, 6.45) is 1.10. The van der Waals surface area contributed by atoms with Crippen LogP contribution in [0.3, 0.4) is 0 Å². The molecule has 1 aromatic rings. The molecular formula is C15H20N2O5S. The Bertz CT molecular complexity index is 674. The molecule has 0 aliphatic carbocycles. The maximum absolute atomic E-state index is 12.6. The van der Waals surface area contributed by atoms with Crippen molar-refractivity contribution in [2.75, 3.05) is 13.1 Å². The summed E-state index contributed by atoms with van der Waals surface area (Å²) in [7, 11) is -3.64. The Morgan fingerprint density at radius 3 is 2.57 bits per heavy atom. The number of benzene rings is 1. The number of nitrogens with zero attached hydrogens (tertiary/aromatic N) is 1. The molecule has 2 N–H and O–H groups in total. The van der Waals surface area contributed by atoms with Gasteiger partial charge in [-0.2, -0.15) is 4.31 Å². The maximum atomic E-state index is 12.6. The summed E-state index contributed by atoms with van der Waals surface area (Å²) in [5.41, 5.74) is 0. The second-order valence-corrected chi connectivity index (χ2v) is 7.52. The van der Waals surface area contributed by atoms with Gasteiger partial charge in [0.25, 0.3) is 0 Å². The van der Waals surface area contributed by atoms with Gasteiger partial charge in [0.2, 0.25) is 15.9 Å². The number of carboxylic acids is 1. The van der Waals surface area contributed by atoms with Gasteiger partial charge in [-0.3, -0.25) is 9.59 Å². The zero-order valence-corrected chi connectivity index (χ0v) is 13.6. The van der Waals surface area contributed by atoms with Crippen LogP contribution in [0.25, 0.3) is 0 Å². The topological polar surface area (TPSA) is 104 Å². The van der Waals surface area contributed by atoms with Crippen molar-refractivity contribution in [3.05, 3.63) is 30.3 Å². The van der Waals surface area contributed by atoms with Crippen LogP contribution in [-0.4, -0.2) is 48.8 Å². The highest BCUT2D eigenvalue weighted by atomic mass is 32.2. The van der Waals surface area contributed by atoms with E-state index in [0.717, 1.165) is 0 Å². The van der Waals surface area contributed by atoms with Crippen molar-refractivity contribution < 1.29 is 23.1 Å². The smallest absolute Gasteiger partial charge is 0.325 e. The van der Waals surface area contributed by atoms with Gasteiger partial charge >= 0.3 is 5.97 Å². The third kappa shape index (κ3) is 4.08. The van der Waals surface area contributed by atoms with E-state index in [0.29, 0.717) is 19.4 Å². The zero-order valence-electron chi connectivity index (χ0n) is 12.8. The lowest BCUT2D eigenvalue weighted by molar-refractivity contribution is -0.142. The molecule has 126 valence electrons. The monoisotopic (exact) mass is 340 g/mol. The molecule has 2 atom stereocenters. The van der Waals surface area contributed by atoms with Gasteiger partial charge < -0.3 is 10.4 Å². The molecule has 1 fully saturated rings. The molecule has 7 nitrogen and oxygen atoms in total. The van der Waals surface area contributed by atoms with E-state index in [1.54, 1.807) is 18.2 Å². The molecule has 0 saturated carbocycles. The highest BCUT2D eigenvalue weighted by Crippen LogP contribution is 2.23. The fraction of sp³-hybridized carbons (Fsp3) is 0.467. The van der Waals surface area contributed by atoms with Crippen molar-refractivity contribution in [3.63, 3.8) is 0 Å². The van der Waals surface area contributed by atoms with Crippen molar-refractivity contribution in [1.82, 2.24) is 9.62 Å². The van der Waals surface area contributed by atoms with Crippen molar-refractivity contribution in [3.8, 4) is 0 Å². The summed E-state index contributed by atoms with van der Waals surface area (Å²) in [5, 5.41) is 11.2. The van der Waals surface area contributed by atoms with E-state index in [4.69, 9.17) is 5.11 Å². The number of carbonyl (C=O) groups is 2. The van der Waals surface area contributed by atoms with Gasteiger partial charge in [0, 0.05) is 13.1 Å². The summed E-state index contributed by atoms with van der Waals surface area (Å²) < 4.78 is 26.5. The number of hydrogen-bond acceptors (Lipinski definition) is 4. The Balaban J connectivity index is 2.09. The van der Waals surface area contributed by atoms with Crippen LogP contribution in [-0.2, 0) is 19.6 Å². The van der Waals surface area contributed by atoms with E-state index in [1.165, 1.54) is 23.4 Å². The van der Waals surface area contributed by atoms with E-state index < -0.39 is 33.9 Å². The first-order valence-corrected chi connectivity index (χ1v) is 8.84. The van der Waals surface area contributed by atoms with Crippen molar-refractivity contribution in [1.29, 1.82) is 0 Å². The van der Waals surface area contributed by atoms with Gasteiger partial charge in [-0.1, -0.05) is 18.2 Å².